The number of hydrogen-bond donors (Lipinski definition) is 2. The minimum atomic E-state index is -0.0584. The van der Waals surface area contributed by atoms with Crippen molar-refractivity contribution in [2.45, 2.75) is 25.5 Å². The van der Waals surface area contributed by atoms with Crippen LogP contribution in [0.1, 0.15) is 28.8 Å². The standard InChI is InChI=1S/C19H21ClN2O2/c20-16-6-1-4-14(10-16)13-24-18-8-2-5-15(11-18)19(23)22-17-7-3-9-21-12-17/h1-2,4-6,8,10-11,17,21H,3,7,9,12-13H2,(H,22,23)/t17-/m0/s1. The number of carbonyl (C=O) groups excluding carboxylic acids is 1. The Bertz CT molecular complexity index is 699. The predicted molar refractivity (Wildman–Crippen MR) is 95.6 cm³/mol. The van der Waals surface area contributed by atoms with Gasteiger partial charge in [-0.2, -0.15) is 0 Å². The van der Waals surface area contributed by atoms with Gasteiger partial charge in [0.2, 0.25) is 0 Å². The summed E-state index contributed by atoms with van der Waals surface area (Å²) < 4.78 is 5.78. The summed E-state index contributed by atoms with van der Waals surface area (Å²) in [6, 6.07) is 15.0. The maximum absolute atomic E-state index is 12.4. The third-order valence-corrected chi connectivity index (χ3v) is 4.26. The molecule has 1 heterocycles. The number of benzene rings is 2. The van der Waals surface area contributed by atoms with Crippen molar-refractivity contribution in [1.82, 2.24) is 10.6 Å². The molecular formula is C19H21ClN2O2. The van der Waals surface area contributed by atoms with Gasteiger partial charge in [0.25, 0.3) is 5.91 Å². The molecular weight excluding hydrogens is 324 g/mol. The van der Waals surface area contributed by atoms with Crippen LogP contribution in [-0.4, -0.2) is 25.0 Å². The molecule has 0 aliphatic carbocycles. The van der Waals surface area contributed by atoms with Crippen LogP contribution in [0.3, 0.4) is 0 Å². The number of hydrogen-bond acceptors (Lipinski definition) is 3. The molecule has 1 aliphatic rings. The third-order valence-electron chi connectivity index (χ3n) is 4.02. The van der Waals surface area contributed by atoms with Gasteiger partial charge in [-0.15, -0.1) is 0 Å². The first-order valence-corrected chi connectivity index (χ1v) is 8.57. The number of ether oxygens (including phenoxy) is 1. The van der Waals surface area contributed by atoms with Crippen LogP contribution in [-0.2, 0) is 6.61 Å². The van der Waals surface area contributed by atoms with Crippen LogP contribution in [0.25, 0.3) is 0 Å². The normalized spacial score (nSPS) is 17.3. The summed E-state index contributed by atoms with van der Waals surface area (Å²) in [6.45, 7) is 2.27. The maximum atomic E-state index is 12.4. The van der Waals surface area contributed by atoms with Crippen molar-refractivity contribution in [1.29, 1.82) is 0 Å². The maximum Gasteiger partial charge on any atom is 0.251 e. The summed E-state index contributed by atoms with van der Waals surface area (Å²) in [5.41, 5.74) is 1.61. The Balaban J connectivity index is 1.59. The fraction of sp³-hybridized carbons (Fsp3) is 0.316. The monoisotopic (exact) mass is 344 g/mol. The highest BCUT2D eigenvalue weighted by molar-refractivity contribution is 6.30. The van der Waals surface area contributed by atoms with E-state index in [0.29, 0.717) is 22.9 Å². The number of rotatable bonds is 5. The van der Waals surface area contributed by atoms with E-state index in [9.17, 15) is 4.79 Å². The van der Waals surface area contributed by atoms with Crippen LogP contribution in [0.4, 0.5) is 0 Å². The molecule has 2 N–H and O–H groups in total. The van der Waals surface area contributed by atoms with E-state index in [1.807, 2.05) is 36.4 Å². The Labute approximate surface area is 147 Å². The van der Waals surface area contributed by atoms with Gasteiger partial charge in [-0.05, 0) is 55.3 Å². The Morgan fingerprint density at radius 1 is 1.25 bits per heavy atom. The Kier molecular flexibility index (Phi) is 5.72. The van der Waals surface area contributed by atoms with Crippen LogP contribution in [0.15, 0.2) is 48.5 Å². The van der Waals surface area contributed by atoms with Crippen LogP contribution in [0.5, 0.6) is 5.75 Å². The average Bonchev–Trinajstić information content (AvgIpc) is 2.61. The number of halogens is 1. The summed E-state index contributed by atoms with van der Waals surface area (Å²) in [5, 5.41) is 7.05. The molecule has 1 fully saturated rings. The van der Waals surface area contributed by atoms with E-state index < -0.39 is 0 Å². The van der Waals surface area contributed by atoms with Gasteiger partial charge in [0.15, 0.2) is 0 Å². The number of carbonyl (C=O) groups is 1. The zero-order valence-electron chi connectivity index (χ0n) is 13.4. The predicted octanol–water partition coefficient (Wildman–Crippen LogP) is 3.40. The zero-order valence-corrected chi connectivity index (χ0v) is 14.2. The highest BCUT2D eigenvalue weighted by Gasteiger charge is 2.16. The Morgan fingerprint density at radius 2 is 2.12 bits per heavy atom. The summed E-state index contributed by atoms with van der Waals surface area (Å²) in [7, 11) is 0. The second-order valence-electron chi connectivity index (χ2n) is 5.96. The molecule has 0 unspecified atom stereocenters. The summed E-state index contributed by atoms with van der Waals surface area (Å²) in [4.78, 5) is 12.4. The van der Waals surface area contributed by atoms with Crippen LogP contribution >= 0.6 is 11.6 Å². The quantitative estimate of drug-likeness (QED) is 0.874. The molecule has 3 rings (SSSR count). The lowest BCUT2D eigenvalue weighted by atomic mass is 10.1. The molecule has 2 aromatic rings. The lowest BCUT2D eigenvalue weighted by Crippen LogP contribution is -2.45. The Morgan fingerprint density at radius 3 is 2.92 bits per heavy atom. The first kappa shape index (κ1) is 16.8. The van der Waals surface area contributed by atoms with E-state index in [1.165, 1.54) is 0 Å². The van der Waals surface area contributed by atoms with E-state index in [-0.39, 0.29) is 11.9 Å². The summed E-state index contributed by atoms with van der Waals surface area (Å²) >= 11 is 5.97. The van der Waals surface area contributed by atoms with Gasteiger partial charge in [-0.25, -0.2) is 0 Å². The molecule has 0 spiro atoms. The molecule has 1 aliphatic heterocycles. The largest absolute Gasteiger partial charge is 0.489 e. The first-order valence-electron chi connectivity index (χ1n) is 8.19. The van der Waals surface area contributed by atoms with Gasteiger partial charge in [0.05, 0.1) is 0 Å². The fourth-order valence-corrected chi connectivity index (χ4v) is 2.98. The second-order valence-corrected chi connectivity index (χ2v) is 6.40. The highest BCUT2D eigenvalue weighted by atomic mass is 35.5. The van der Waals surface area contributed by atoms with Crippen molar-refractivity contribution in [2.24, 2.45) is 0 Å². The van der Waals surface area contributed by atoms with Crippen LogP contribution < -0.4 is 15.4 Å². The van der Waals surface area contributed by atoms with Crippen LogP contribution in [0, 0.1) is 0 Å². The average molecular weight is 345 g/mol. The summed E-state index contributed by atoms with van der Waals surface area (Å²) in [6.07, 6.45) is 2.11. The number of piperidine rings is 1. The second kappa shape index (κ2) is 8.18. The molecule has 5 heteroatoms. The SMILES string of the molecule is O=C(N[C@H]1CCCNC1)c1cccc(OCc2cccc(Cl)c2)c1. The minimum Gasteiger partial charge on any atom is -0.489 e. The number of nitrogens with one attached hydrogen (secondary N) is 2. The highest BCUT2D eigenvalue weighted by Crippen LogP contribution is 2.17. The Hall–Kier alpha value is -2.04. The molecule has 4 nitrogen and oxygen atoms in total. The topological polar surface area (TPSA) is 50.4 Å². The van der Waals surface area contributed by atoms with Crippen molar-refractivity contribution >= 4 is 17.5 Å². The molecule has 0 bridgehead atoms. The molecule has 0 radical (unpaired) electrons. The van der Waals surface area contributed by atoms with E-state index in [4.69, 9.17) is 16.3 Å². The van der Waals surface area contributed by atoms with E-state index in [0.717, 1.165) is 31.5 Å². The molecule has 1 saturated heterocycles. The van der Waals surface area contributed by atoms with Gasteiger partial charge in [0, 0.05) is 23.2 Å². The van der Waals surface area contributed by atoms with Gasteiger partial charge >= 0.3 is 0 Å². The molecule has 0 saturated carbocycles. The lowest BCUT2D eigenvalue weighted by Gasteiger charge is -2.23. The number of amides is 1. The lowest BCUT2D eigenvalue weighted by molar-refractivity contribution is 0.0930. The van der Waals surface area contributed by atoms with Crippen molar-refractivity contribution in [2.75, 3.05) is 13.1 Å². The van der Waals surface area contributed by atoms with E-state index in [1.54, 1.807) is 12.1 Å². The molecule has 1 atom stereocenters. The van der Waals surface area contributed by atoms with E-state index >= 15 is 0 Å². The fourth-order valence-electron chi connectivity index (χ4n) is 2.76. The van der Waals surface area contributed by atoms with Crippen molar-refractivity contribution in [3.63, 3.8) is 0 Å². The molecule has 1 amide bonds. The zero-order chi connectivity index (χ0) is 16.8. The molecule has 126 valence electrons. The molecule has 0 aromatic heterocycles. The smallest absolute Gasteiger partial charge is 0.251 e. The van der Waals surface area contributed by atoms with Gasteiger partial charge in [0.1, 0.15) is 12.4 Å². The van der Waals surface area contributed by atoms with E-state index in [2.05, 4.69) is 10.6 Å². The van der Waals surface area contributed by atoms with Gasteiger partial charge < -0.3 is 15.4 Å². The van der Waals surface area contributed by atoms with Crippen molar-refractivity contribution in [3.8, 4) is 5.75 Å². The van der Waals surface area contributed by atoms with Gasteiger partial charge in [-0.3, -0.25) is 4.79 Å². The first-order chi connectivity index (χ1) is 11.7. The molecule has 24 heavy (non-hydrogen) atoms. The van der Waals surface area contributed by atoms with Crippen molar-refractivity contribution in [3.05, 3.63) is 64.7 Å². The van der Waals surface area contributed by atoms with Crippen molar-refractivity contribution < 1.29 is 9.53 Å². The van der Waals surface area contributed by atoms with Gasteiger partial charge in [-0.1, -0.05) is 29.8 Å². The summed E-state index contributed by atoms with van der Waals surface area (Å²) in [5.74, 6) is 0.612. The van der Waals surface area contributed by atoms with Crippen LogP contribution in [0.2, 0.25) is 5.02 Å². The minimum absolute atomic E-state index is 0.0584. The third kappa shape index (κ3) is 4.73. The molecule has 2 aromatic carbocycles.